The van der Waals surface area contributed by atoms with Crippen molar-refractivity contribution in [3.05, 3.63) is 30.3 Å². The topological polar surface area (TPSA) is 67.2 Å². The van der Waals surface area contributed by atoms with Crippen molar-refractivity contribution >= 4 is 16.9 Å². The lowest BCUT2D eigenvalue weighted by Crippen LogP contribution is -2.24. The number of nitrogens with zero attached hydrogens (tertiary/aromatic N) is 1. The van der Waals surface area contributed by atoms with Crippen LogP contribution in [-0.4, -0.2) is 24.0 Å². The van der Waals surface area contributed by atoms with E-state index in [2.05, 4.69) is 15.6 Å². The Bertz CT molecular complexity index is 549. The Labute approximate surface area is 98.2 Å². The molecule has 0 spiro atoms. The highest BCUT2D eigenvalue weighted by atomic mass is 16.3. The first-order valence-corrected chi connectivity index (χ1v) is 5.66. The summed E-state index contributed by atoms with van der Waals surface area (Å²) in [4.78, 5) is 15.8. The summed E-state index contributed by atoms with van der Waals surface area (Å²) >= 11 is 0. The number of hydrogen-bond donors (Lipinski definition) is 2. The molecule has 1 saturated heterocycles. The van der Waals surface area contributed by atoms with Gasteiger partial charge in [0.1, 0.15) is 0 Å². The predicted molar refractivity (Wildman–Crippen MR) is 62.4 cm³/mol. The molecule has 3 rings (SSSR count). The average Bonchev–Trinajstić information content (AvgIpc) is 2.69. The van der Waals surface area contributed by atoms with E-state index >= 15 is 0 Å². The van der Waals surface area contributed by atoms with Crippen LogP contribution < -0.4 is 10.6 Å². The fourth-order valence-electron chi connectivity index (χ4n) is 2.06. The quantitative estimate of drug-likeness (QED) is 0.767. The summed E-state index contributed by atoms with van der Waals surface area (Å²) in [5.74, 6) is 0.0640. The van der Waals surface area contributed by atoms with Crippen LogP contribution in [0.15, 0.2) is 29.0 Å². The molecule has 1 aliphatic heterocycles. The molecule has 0 radical (unpaired) electrons. The minimum Gasteiger partial charge on any atom is -0.463 e. The van der Waals surface area contributed by atoms with Gasteiger partial charge in [0, 0.05) is 24.9 Å². The summed E-state index contributed by atoms with van der Waals surface area (Å²) in [5.41, 5.74) is 1.66. The van der Waals surface area contributed by atoms with Crippen molar-refractivity contribution in [2.45, 2.75) is 12.5 Å². The molecule has 2 N–H and O–H groups in total. The van der Waals surface area contributed by atoms with Crippen LogP contribution >= 0.6 is 0 Å². The van der Waals surface area contributed by atoms with Gasteiger partial charge in [0.05, 0.1) is 24.2 Å². The van der Waals surface area contributed by atoms with Crippen LogP contribution in [0.25, 0.3) is 11.0 Å². The fraction of sp³-hybridized carbons (Fsp3) is 0.333. The van der Waals surface area contributed by atoms with Crippen LogP contribution in [0.4, 0.5) is 0 Å². The van der Waals surface area contributed by atoms with Gasteiger partial charge in [-0.25, -0.2) is 0 Å². The SMILES string of the molecule is O=C1CC(c2cc3ccoc3cn2)NCCN1. The van der Waals surface area contributed by atoms with E-state index in [9.17, 15) is 4.79 Å². The predicted octanol–water partition coefficient (Wildman–Crippen LogP) is 0.978. The van der Waals surface area contributed by atoms with Gasteiger partial charge in [-0.1, -0.05) is 0 Å². The van der Waals surface area contributed by atoms with Gasteiger partial charge >= 0.3 is 0 Å². The first kappa shape index (κ1) is 10.3. The lowest BCUT2D eigenvalue weighted by Gasteiger charge is -2.13. The number of hydrogen-bond acceptors (Lipinski definition) is 4. The van der Waals surface area contributed by atoms with E-state index < -0.39 is 0 Å². The summed E-state index contributed by atoms with van der Waals surface area (Å²) < 4.78 is 5.24. The van der Waals surface area contributed by atoms with E-state index in [4.69, 9.17) is 4.42 Å². The Morgan fingerprint density at radius 2 is 2.35 bits per heavy atom. The highest BCUT2D eigenvalue weighted by molar-refractivity contribution is 5.78. The molecule has 2 aromatic rings. The highest BCUT2D eigenvalue weighted by Gasteiger charge is 2.19. The van der Waals surface area contributed by atoms with E-state index in [0.717, 1.165) is 23.2 Å². The molecule has 1 aliphatic rings. The second-order valence-corrected chi connectivity index (χ2v) is 4.13. The smallest absolute Gasteiger partial charge is 0.222 e. The molecular formula is C12H13N3O2. The molecule has 17 heavy (non-hydrogen) atoms. The molecule has 2 aromatic heterocycles. The van der Waals surface area contributed by atoms with Crippen LogP contribution in [-0.2, 0) is 4.79 Å². The van der Waals surface area contributed by atoms with E-state index in [1.807, 2.05) is 12.1 Å². The van der Waals surface area contributed by atoms with Crippen LogP contribution in [0.5, 0.6) is 0 Å². The largest absolute Gasteiger partial charge is 0.463 e. The summed E-state index contributed by atoms with van der Waals surface area (Å²) in [6.07, 6.45) is 3.77. The van der Waals surface area contributed by atoms with Crippen LogP contribution in [0.2, 0.25) is 0 Å². The summed E-state index contributed by atoms with van der Waals surface area (Å²) in [7, 11) is 0. The number of pyridine rings is 1. The summed E-state index contributed by atoms with van der Waals surface area (Å²) in [6, 6.07) is 3.85. The van der Waals surface area contributed by atoms with Gasteiger partial charge in [0.2, 0.25) is 5.91 Å². The van der Waals surface area contributed by atoms with Crippen LogP contribution in [0.3, 0.4) is 0 Å². The van der Waals surface area contributed by atoms with Crippen molar-refractivity contribution in [3.8, 4) is 0 Å². The van der Waals surface area contributed by atoms with Crippen molar-refractivity contribution in [1.29, 1.82) is 0 Å². The van der Waals surface area contributed by atoms with E-state index in [-0.39, 0.29) is 11.9 Å². The van der Waals surface area contributed by atoms with Crippen molar-refractivity contribution in [2.24, 2.45) is 0 Å². The second kappa shape index (κ2) is 4.18. The molecule has 3 heterocycles. The molecule has 0 bridgehead atoms. The molecule has 1 fully saturated rings. The van der Waals surface area contributed by atoms with Gasteiger partial charge < -0.3 is 15.1 Å². The molecule has 0 saturated carbocycles. The zero-order valence-electron chi connectivity index (χ0n) is 9.27. The zero-order valence-corrected chi connectivity index (χ0v) is 9.27. The van der Waals surface area contributed by atoms with E-state index in [1.165, 1.54) is 0 Å². The number of fused-ring (bicyclic) bond motifs is 1. The van der Waals surface area contributed by atoms with Crippen molar-refractivity contribution < 1.29 is 9.21 Å². The van der Waals surface area contributed by atoms with Gasteiger partial charge in [-0.05, 0) is 12.1 Å². The molecule has 1 amide bonds. The molecule has 0 aromatic carbocycles. The highest BCUT2D eigenvalue weighted by Crippen LogP contribution is 2.21. The number of furan rings is 1. The maximum atomic E-state index is 11.5. The Hall–Kier alpha value is -1.88. The fourth-order valence-corrected chi connectivity index (χ4v) is 2.06. The van der Waals surface area contributed by atoms with Crippen LogP contribution in [0, 0.1) is 0 Å². The molecule has 5 nitrogen and oxygen atoms in total. The Morgan fingerprint density at radius 1 is 1.41 bits per heavy atom. The first-order chi connectivity index (χ1) is 8.33. The maximum Gasteiger partial charge on any atom is 0.222 e. The number of aromatic nitrogens is 1. The third-order valence-corrected chi connectivity index (χ3v) is 2.95. The molecule has 88 valence electrons. The minimum absolute atomic E-state index is 0.0169. The van der Waals surface area contributed by atoms with Crippen molar-refractivity contribution in [1.82, 2.24) is 15.6 Å². The molecule has 1 atom stereocenters. The Balaban J connectivity index is 1.93. The average molecular weight is 231 g/mol. The second-order valence-electron chi connectivity index (χ2n) is 4.13. The first-order valence-electron chi connectivity index (χ1n) is 5.66. The lowest BCUT2D eigenvalue weighted by molar-refractivity contribution is -0.121. The number of amides is 1. The number of carbonyl (C=O) groups is 1. The van der Waals surface area contributed by atoms with Crippen molar-refractivity contribution in [3.63, 3.8) is 0 Å². The van der Waals surface area contributed by atoms with Gasteiger partial charge in [-0.3, -0.25) is 9.78 Å². The van der Waals surface area contributed by atoms with Gasteiger partial charge in [-0.15, -0.1) is 0 Å². The third kappa shape index (κ3) is 2.01. The van der Waals surface area contributed by atoms with E-state index in [0.29, 0.717) is 13.0 Å². The third-order valence-electron chi connectivity index (χ3n) is 2.95. The van der Waals surface area contributed by atoms with Crippen molar-refractivity contribution in [2.75, 3.05) is 13.1 Å². The van der Waals surface area contributed by atoms with Gasteiger partial charge in [0.15, 0.2) is 5.58 Å². The van der Waals surface area contributed by atoms with Crippen LogP contribution in [0.1, 0.15) is 18.2 Å². The normalized spacial score (nSPS) is 21.2. The number of rotatable bonds is 1. The summed E-state index contributed by atoms with van der Waals surface area (Å²) in [5, 5.41) is 7.15. The Kier molecular flexibility index (Phi) is 2.53. The Morgan fingerprint density at radius 3 is 3.29 bits per heavy atom. The standard InChI is InChI=1S/C12H13N3O2/c16-12-6-10(13-2-3-14-12)9-5-8-1-4-17-11(8)7-15-9/h1,4-5,7,10,13H,2-3,6H2,(H,14,16). The lowest BCUT2D eigenvalue weighted by atomic mass is 10.1. The minimum atomic E-state index is -0.0169. The maximum absolute atomic E-state index is 11.5. The van der Waals surface area contributed by atoms with E-state index in [1.54, 1.807) is 12.5 Å². The monoisotopic (exact) mass is 231 g/mol. The molecule has 1 unspecified atom stereocenters. The summed E-state index contributed by atoms with van der Waals surface area (Å²) in [6.45, 7) is 1.44. The molecule has 0 aliphatic carbocycles. The number of carbonyl (C=O) groups excluding carboxylic acids is 1. The molecule has 5 heteroatoms. The number of nitrogens with one attached hydrogen (secondary N) is 2. The zero-order chi connectivity index (χ0) is 11.7. The van der Waals surface area contributed by atoms with Gasteiger partial charge in [-0.2, -0.15) is 0 Å². The van der Waals surface area contributed by atoms with Gasteiger partial charge in [0.25, 0.3) is 0 Å². The molecular weight excluding hydrogens is 218 g/mol.